The minimum absolute atomic E-state index is 0.0530. The highest BCUT2D eigenvalue weighted by Gasteiger charge is 2.23. The molecule has 4 rings (SSSR count). The highest BCUT2D eigenvalue weighted by Crippen LogP contribution is 2.31. The van der Waals surface area contributed by atoms with Gasteiger partial charge in [-0.1, -0.05) is 48.2 Å². The number of nitrogens with one attached hydrogen (secondary N) is 1. The van der Waals surface area contributed by atoms with E-state index in [1.165, 1.54) is 34.0 Å². The third kappa shape index (κ3) is 3.78. The smallest absolute Gasteiger partial charge is 0.230 e. The van der Waals surface area contributed by atoms with Gasteiger partial charge in [-0.3, -0.25) is 9.36 Å². The molecule has 0 bridgehead atoms. The van der Waals surface area contributed by atoms with Crippen LogP contribution in [0.25, 0.3) is 5.69 Å². The Balaban J connectivity index is 1.42. The van der Waals surface area contributed by atoms with Crippen LogP contribution < -0.4 is 5.32 Å². The van der Waals surface area contributed by atoms with Crippen molar-refractivity contribution >= 4 is 17.7 Å². The largest absolute Gasteiger partial charge is 0.349 e. The number of imidazole rings is 1. The van der Waals surface area contributed by atoms with Gasteiger partial charge >= 0.3 is 0 Å². The SMILES string of the molecule is Cc1ccc(C)c(-n2ccnc2SCC(=O)NC2CCc3ccccc32)c1. The second-order valence-electron chi connectivity index (χ2n) is 7.02. The summed E-state index contributed by atoms with van der Waals surface area (Å²) in [6.45, 7) is 4.17. The molecule has 27 heavy (non-hydrogen) atoms. The topological polar surface area (TPSA) is 46.9 Å². The summed E-state index contributed by atoms with van der Waals surface area (Å²) in [6, 6.07) is 14.9. The average Bonchev–Trinajstić information content (AvgIpc) is 3.29. The molecule has 1 atom stereocenters. The number of aryl methyl sites for hydroxylation is 3. The number of carbonyl (C=O) groups is 1. The summed E-state index contributed by atoms with van der Waals surface area (Å²) in [5.41, 5.74) is 6.11. The fourth-order valence-electron chi connectivity index (χ4n) is 3.63. The lowest BCUT2D eigenvalue weighted by Gasteiger charge is -2.14. The molecule has 1 aromatic heterocycles. The Hall–Kier alpha value is -2.53. The Morgan fingerprint density at radius 1 is 1.26 bits per heavy atom. The number of hydrogen-bond acceptors (Lipinski definition) is 3. The van der Waals surface area contributed by atoms with E-state index in [1.807, 2.05) is 12.3 Å². The Morgan fingerprint density at radius 3 is 3.00 bits per heavy atom. The Kier molecular flexibility index (Phi) is 5.03. The summed E-state index contributed by atoms with van der Waals surface area (Å²) in [4.78, 5) is 17.0. The summed E-state index contributed by atoms with van der Waals surface area (Å²) < 4.78 is 2.06. The van der Waals surface area contributed by atoms with E-state index in [0.717, 1.165) is 23.7 Å². The first-order valence-corrected chi connectivity index (χ1v) is 10.2. The third-order valence-corrected chi connectivity index (χ3v) is 6.00. The van der Waals surface area contributed by atoms with Crippen molar-refractivity contribution in [3.8, 4) is 5.69 Å². The summed E-state index contributed by atoms with van der Waals surface area (Å²) in [6.07, 6.45) is 5.75. The molecule has 3 aromatic rings. The number of hydrogen-bond donors (Lipinski definition) is 1. The van der Waals surface area contributed by atoms with Crippen LogP contribution in [-0.4, -0.2) is 21.2 Å². The molecule has 1 aliphatic rings. The summed E-state index contributed by atoms with van der Waals surface area (Å²) in [5, 5.41) is 4.02. The maximum absolute atomic E-state index is 12.5. The van der Waals surface area contributed by atoms with E-state index in [4.69, 9.17) is 0 Å². The van der Waals surface area contributed by atoms with E-state index in [1.54, 1.807) is 6.20 Å². The van der Waals surface area contributed by atoms with Crippen molar-refractivity contribution in [2.45, 2.75) is 37.9 Å². The van der Waals surface area contributed by atoms with E-state index in [-0.39, 0.29) is 11.9 Å². The van der Waals surface area contributed by atoms with Crippen LogP contribution >= 0.6 is 11.8 Å². The molecule has 138 valence electrons. The molecule has 0 radical (unpaired) electrons. The maximum Gasteiger partial charge on any atom is 0.230 e. The first kappa shape index (κ1) is 17.9. The molecule has 0 saturated heterocycles. The number of nitrogens with zero attached hydrogens (tertiary/aromatic N) is 2. The second-order valence-corrected chi connectivity index (χ2v) is 7.96. The van der Waals surface area contributed by atoms with Crippen LogP contribution in [0.3, 0.4) is 0 Å². The molecule has 0 aliphatic heterocycles. The minimum Gasteiger partial charge on any atom is -0.349 e. The standard InChI is InChI=1S/C22H23N3OS/c1-15-7-8-16(2)20(13-15)25-12-11-23-22(25)27-14-21(26)24-19-10-9-17-5-3-4-6-18(17)19/h3-8,11-13,19H,9-10,14H2,1-2H3,(H,24,26). The van der Waals surface area contributed by atoms with Crippen molar-refractivity contribution in [3.63, 3.8) is 0 Å². The van der Waals surface area contributed by atoms with Crippen LogP contribution in [-0.2, 0) is 11.2 Å². The van der Waals surface area contributed by atoms with E-state index in [0.29, 0.717) is 5.75 Å². The van der Waals surface area contributed by atoms with E-state index in [2.05, 4.69) is 65.1 Å². The fraction of sp³-hybridized carbons (Fsp3) is 0.273. The predicted octanol–water partition coefficient (Wildman–Crippen LogP) is 4.38. The van der Waals surface area contributed by atoms with Crippen LogP contribution in [0.2, 0.25) is 0 Å². The minimum atomic E-state index is 0.0530. The van der Waals surface area contributed by atoms with E-state index < -0.39 is 0 Å². The number of carbonyl (C=O) groups excluding carboxylic acids is 1. The first-order chi connectivity index (χ1) is 13.1. The quantitative estimate of drug-likeness (QED) is 0.671. The third-order valence-electron chi connectivity index (χ3n) is 5.03. The molecule has 1 amide bonds. The van der Waals surface area contributed by atoms with Gasteiger partial charge in [-0.15, -0.1) is 0 Å². The number of rotatable bonds is 5. The molecule has 5 heteroatoms. The molecule has 4 nitrogen and oxygen atoms in total. The predicted molar refractivity (Wildman–Crippen MR) is 109 cm³/mol. The first-order valence-electron chi connectivity index (χ1n) is 9.23. The number of thioether (sulfide) groups is 1. The van der Waals surface area contributed by atoms with Crippen LogP contribution in [0.1, 0.15) is 34.7 Å². The Bertz CT molecular complexity index is 979. The number of aromatic nitrogens is 2. The van der Waals surface area contributed by atoms with Crippen LogP contribution in [0.5, 0.6) is 0 Å². The Labute approximate surface area is 164 Å². The number of amides is 1. The van der Waals surface area contributed by atoms with Crippen molar-refractivity contribution in [3.05, 3.63) is 77.1 Å². The van der Waals surface area contributed by atoms with Gasteiger partial charge in [0.2, 0.25) is 5.91 Å². The lowest BCUT2D eigenvalue weighted by molar-refractivity contribution is -0.119. The van der Waals surface area contributed by atoms with Crippen LogP contribution in [0.4, 0.5) is 0 Å². The molecule has 1 N–H and O–H groups in total. The van der Waals surface area contributed by atoms with Gasteiger partial charge in [0.15, 0.2) is 5.16 Å². The highest BCUT2D eigenvalue weighted by molar-refractivity contribution is 7.99. The van der Waals surface area contributed by atoms with Gasteiger partial charge < -0.3 is 5.32 Å². The molecule has 0 fully saturated rings. The highest BCUT2D eigenvalue weighted by atomic mass is 32.2. The second kappa shape index (κ2) is 7.61. The zero-order valence-corrected chi connectivity index (χ0v) is 16.4. The van der Waals surface area contributed by atoms with Gasteiger partial charge in [0.1, 0.15) is 0 Å². The van der Waals surface area contributed by atoms with Gasteiger partial charge in [0.25, 0.3) is 0 Å². The molecule has 2 aromatic carbocycles. The zero-order valence-electron chi connectivity index (χ0n) is 15.6. The molecule has 1 heterocycles. The molecule has 1 aliphatic carbocycles. The Morgan fingerprint density at radius 2 is 2.11 bits per heavy atom. The van der Waals surface area contributed by atoms with Crippen molar-refractivity contribution < 1.29 is 4.79 Å². The van der Waals surface area contributed by atoms with Gasteiger partial charge in [-0.05, 0) is 55.0 Å². The van der Waals surface area contributed by atoms with Crippen molar-refractivity contribution in [2.24, 2.45) is 0 Å². The normalized spacial score (nSPS) is 15.6. The zero-order chi connectivity index (χ0) is 18.8. The van der Waals surface area contributed by atoms with Crippen LogP contribution in [0, 0.1) is 13.8 Å². The van der Waals surface area contributed by atoms with Gasteiger partial charge in [-0.2, -0.15) is 0 Å². The van der Waals surface area contributed by atoms with Gasteiger partial charge in [0, 0.05) is 12.4 Å². The fourth-order valence-corrected chi connectivity index (χ4v) is 4.41. The maximum atomic E-state index is 12.5. The summed E-state index contributed by atoms with van der Waals surface area (Å²) >= 11 is 1.48. The lowest BCUT2D eigenvalue weighted by atomic mass is 10.1. The average molecular weight is 378 g/mol. The monoisotopic (exact) mass is 377 g/mol. The van der Waals surface area contributed by atoms with Crippen molar-refractivity contribution in [1.29, 1.82) is 0 Å². The van der Waals surface area contributed by atoms with Gasteiger partial charge in [-0.25, -0.2) is 4.98 Å². The summed E-state index contributed by atoms with van der Waals surface area (Å²) in [5.74, 6) is 0.415. The molecular weight excluding hydrogens is 354 g/mol. The number of fused-ring (bicyclic) bond motifs is 1. The molecule has 1 unspecified atom stereocenters. The lowest BCUT2D eigenvalue weighted by Crippen LogP contribution is -2.28. The number of benzene rings is 2. The van der Waals surface area contributed by atoms with Crippen molar-refractivity contribution in [2.75, 3.05) is 5.75 Å². The van der Waals surface area contributed by atoms with Gasteiger partial charge in [0.05, 0.1) is 17.5 Å². The summed E-state index contributed by atoms with van der Waals surface area (Å²) in [7, 11) is 0. The van der Waals surface area contributed by atoms with Crippen molar-refractivity contribution in [1.82, 2.24) is 14.9 Å². The van der Waals surface area contributed by atoms with Crippen LogP contribution in [0.15, 0.2) is 60.0 Å². The molecular formula is C22H23N3OS. The van der Waals surface area contributed by atoms with E-state index in [9.17, 15) is 4.79 Å². The van der Waals surface area contributed by atoms with E-state index >= 15 is 0 Å². The molecule has 0 spiro atoms. The molecule has 0 saturated carbocycles.